The van der Waals surface area contributed by atoms with E-state index in [9.17, 15) is 17.6 Å². The van der Waals surface area contributed by atoms with Gasteiger partial charge in [0.05, 0.1) is 6.04 Å². The smallest absolute Gasteiger partial charge is 0.301 e. The Morgan fingerprint density at radius 3 is 2.46 bits per heavy atom. The Kier molecular flexibility index (Phi) is 4.22. The monoisotopic (exact) mass is 347 g/mol. The number of nitrogens with one attached hydrogen (secondary N) is 2. The first-order valence-electron chi connectivity index (χ1n) is 7.07. The quantitative estimate of drug-likeness (QED) is 0.893. The lowest BCUT2D eigenvalue weighted by atomic mass is 10.1. The maximum atomic E-state index is 13.7. The third-order valence-corrected chi connectivity index (χ3v) is 4.83. The van der Waals surface area contributed by atoms with Crippen LogP contribution < -0.4 is 10.1 Å². The third kappa shape index (κ3) is 3.09. The molecule has 0 aromatic heterocycles. The van der Waals surface area contributed by atoms with E-state index in [0.717, 1.165) is 22.7 Å². The second-order valence-corrected chi connectivity index (χ2v) is 6.71. The summed E-state index contributed by atoms with van der Waals surface area (Å²) in [6.45, 7) is 0. The molecule has 1 atom stereocenters. The van der Waals surface area contributed by atoms with Crippen LogP contribution in [0.3, 0.4) is 0 Å². The molecular weight excluding hydrogens is 333 g/mol. The molecule has 0 radical (unpaired) electrons. The maximum Gasteiger partial charge on any atom is 0.350 e. The van der Waals surface area contributed by atoms with Crippen LogP contribution in [0, 0.1) is 5.82 Å². The van der Waals surface area contributed by atoms with Gasteiger partial charge >= 0.3 is 6.03 Å². The van der Waals surface area contributed by atoms with Crippen LogP contribution in [0.25, 0.3) is 0 Å². The highest BCUT2D eigenvalue weighted by atomic mass is 32.2. The summed E-state index contributed by atoms with van der Waals surface area (Å²) in [5.41, 5.74) is 3.48. The molecule has 124 valence electrons. The molecule has 3 rings (SSSR count). The van der Waals surface area contributed by atoms with E-state index >= 15 is 0 Å². The second kappa shape index (κ2) is 6.32. The largest absolute Gasteiger partial charge is 0.350 e. The number of benzene rings is 2. The molecule has 0 saturated carbocycles. The van der Waals surface area contributed by atoms with Crippen molar-refractivity contribution in [1.29, 1.82) is 0 Å². The summed E-state index contributed by atoms with van der Waals surface area (Å²) in [6.07, 6.45) is 3.25. The fourth-order valence-corrected chi connectivity index (χ4v) is 3.38. The normalized spacial score (nSPS) is 16.7. The predicted octanol–water partition coefficient (Wildman–Crippen LogP) is 2.30. The topological polar surface area (TPSA) is 78.5 Å². The predicted molar refractivity (Wildman–Crippen MR) is 85.4 cm³/mol. The highest BCUT2D eigenvalue weighted by Crippen LogP contribution is 2.24. The van der Waals surface area contributed by atoms with E-state index in [-0.39, 0.29) is 0 Å². The highest BCUT2D eigenvalue weighted by molar-refractivity contribution is 7.90. The Balaban J connectivity index is 1.81. The Labute approximate surface area is 138 Å². The first kappa shape index (κ1) is 16.0. The third-order valence-electron chi connectivity index (χ3n) is 3.48. The number of sulfonamides is 1. The lowest BCUT2D eigenvalue weighted by Gasteiger charge is -2.24. The highest BCUT2D eigenvalue weighted by Gasteiger charge is 2.30. The van der Waals surface area contributed by atoms with Crippen LogP contribution >= 0.6 is 0 Å². The van der Waals surface area contributed by atoms with Gasteiger partial charge in [-0.3, -0.25) is 0 Å². The van der Waals surface area contributed by atoms with Gasteiger partial charge in [-0.25, -0.2) is 27.3 Å². The summed E-state index contributed by atoms with van der Waals surface area (Å²) in [4.78, 5) is 11.8. The zero-order valence-electron chi connectivity index (χ0n) is 12.4. The van der Waals surface area contributed by atoms with Gasteiger partial charge < -0.3 is 5.43 Å². The molecule has 6 nitrogen and oxygen atoms in total. The fourth-order valence-electron chi connectivity index (χ4n) is 2.36. The Morgan fingerprint density at radius 2 is 1.75 bits per heavy atom. The number of hydrogen-bond acceptors (Lipinski definition) is 4. The molecular formula is C16H14FN3O3S. The van der Waals surface area contributed by atoms with Crippen molar-refractivity contribution in [2.45, 2.75) is 10.9 Å². The van der Waals surface area contributed by atoms with Crippen molar-refractivity contribution in [1.82, 2.24) is 15.2 Å². The number of hydrogen-bond donors (Lipinski definition) is 2. The van der Waals surface area contributed by atoms with E-state index in [0.29, 0.717) is 0 Å². The molecule has 8 heteroatoms. The molecule has 0 aliphatic carbocycles. The number of halogens is 1. The van der Waals surface area contributed by atoms with Crippen LogP contribution in [0.15, 0.2) is 71.8 Å². The molecule has 1 heterocycles. The van der Waals surface area contributed by atoms with Crippen LogP contribution in [0.4, 0.5) is 9.18 Å². The average Bonchev–Trinajstić information content (AvgIpc) is 3.05. The zero-order chi connectivity index (χ0) is 17.2. The maximum absolute atomic E-state index is 13.7. The van der Waals surface area contributed by atoms with Crippen LogP contribution in [-0.2, 0) is 10.0 Å². The molecule has 24 heavy (non-hydrogen) atoms. The van der Waals surface area contributed by atoms with E-state index < -0.39 is 32.8 Å². The summed E-state index contributed by atoms with van der Waals surface area (Å²) in [7, 11) is -4.32. The van der Waals surface area contributed by atoms with Gasteiger partial charge in [-0.1, -0.05) is 42.5 Å². The first-order valence-corrected chi connectivity index (χ1v) is 8.56. The Bertz CT molecular complexity index is 884. The van der Waals surface area contributed by atoms with Gasteiger partial charge in [-0.2, -0.15) is 0 Å². The van der Waals surface area contributed by atoms with Gasteiger partial charge in [-0.15, -0.1) is 0 Å². The van der Waals surface area contributed by atoms with E-state index in [4.69, 9.17) is 0 Å². The second-order valence-electron chi connectivity index (χ2n) is 5.05. The molecule has 1 unspecified atom stereocenters. The average molecular weight is 347 g/mol. The fraction of sp³-hybridized carbons (Fsp3) is 0.0625. The summed E-state index contributed by atoms with van der Waals surface area (Å²) < 4.78 is 40.0. The number of amides is 2. The van der Waals surface area contributed by atoms with Gasteiger partial charge in [0.1, 0.15) is 10.7 Å². The number of carbonyl (C=O) groups is 1. The van der Waals surface area contributed by atoms with Crippen LogP contribution in [0.5, 0.6) is 0 Å². The lowest BCUT2D eigenvalue weighted by Crippen LogP contribution is -2.47. The van der Waals surface area contributed by atoms with E-state index in [1.165, 1.54) is 18.3 Å². The SMILES string of the molecule is O=C(NS(=O)(=O)c1ccccc1F)N1NC=CC1c1ccccc1. The molecule has 2 aromatic rings. The molecule has 1 aliphatic rings. The summed E-state index contributed by atoms with van der Waals surface area (Å²) in [5.74, 6) is -0.926. The number of rotatable bonds is 3. The number of hydrazine groups is 1. The van der Waals surface area contributed by atoms with Crippen molar-refractivity contribution in [2.75, 3.05) is 0 Å². The minimum Gasteiger partial charge on any atom is -0.301 e. The summed E-state index contributed by atoms with van der Waals surface area (Å²) in [5, 5.41) is 1.12. The molecule has 2 aromatic carbocycles. The Hall–Kier alpha value is -2.87. The molecule has 0 bridgehead atoms. The minimum absolute atomic E-state index is 0.470. The number of carbonyl (C=O) groups excluding carboxylic acids is 1. The van der Waals surface area contributed by atoms with Gasteiger partial charge in [0, 0.05) is 6.20 Å². The van der Waals surface area contributed by atoms with Crippen molar-refractivity contribution in [3.8, 4) is 0 Å². The van der Waals surface area contributed by atoms with E-state index in [1.54, 1.807) is 6.08 Å². The van der Waals surface area contributed by atoms with Crippen LogP contribution in [-0.4, -0.2) is 19.5 Å². The molecule has 1 aliphatic heterocycles. The molecule has 0 fully saturated rings. The Morgan fingerprint density at radius 1 is 1.08 bits per heavy atom. The van der Waals surface area contributed by atoms with Gasteiger partial charge in [0.25, 0.3) is 10.0 Å². The van der Waals surface area contributed by atoms with Crippen molar-refractivity contribution < 1.29 is 17.6 Å². The lowest BCUT2D eigenvalue weighted by molar-refractivity contribution is 0.181. The summed E-state index contributed by atoms with van der Waals surface area (Å²) >= 11 is 0. The molecule has 0 spiro atoms. The zero-order valence-corrected chi connectivity index (χ0v) is 13.2. The minimum atomic E-state index is -4.32. The van der Waals surface area contributed by atoms with Crippen molar-refractivity contribution in [3.63, 3.8) is 0 Å². The van der Waals surface area contributed by atoms with Gasteiger partial charge in [0.15, 0.2) is 0 Å². The van der Waals surface area contributed by atoms with E-state index in [2.05, 4.69) is 5.43 Å². The van der Waals surface area contributed by atoms with Gasteiger partial charge in [0.2, 0.25) is 0 Å². The van der Waals surface area contributed by atoms with Crippen molar-refractivity contribution in [3.05, 3.63) is 78.3 Å². The first-order chi connectivity index (χ1) is 11.5. The van der Waals surface area contributed by atoms with Gasteiger partial charge in [-0.05, 0) is 23.8 Å². The van der Waals surface area contributed by atoms with Crippen LogP contribution in [0.1, 0.15) is 11.6 Å². The van der Waals surface area contributed by atoms with Crippen molar-refractivity contribution in [2.24, 2.45) is 0 Å². The number of urea groups is 1. The standard InChI is InChI=1S/C16H14FN3O3S/c17-13-8-4-5-9-15(13)24(22,23)19-16(21)20-14(10-11-18-20)12-6-2-1-3-7-12/h1-11,14,18H,(H,19,21). The van der Waals surface area contributed by atoms with E-state index in [1.807, 2.05) is 35.1 Å². The van der Waals surface area contributed by atoms with Crippen LogP contribution in [0.2, 0.25) is 0 Å². The number of nitrogens with zero attached hydrogens (tertiary/aromatic N) is 1. The molecule has 0 saturated heterocycles. The molecule has 2 N–H and O–H groups in total. The molecule has 2 amide bonds. The van der Waals surface area contributed by atoms with Crippen molar-refractivity contribution >= 4 is 16.1 Å². The summed E-state index contributed by atoms with van der Waals surface area (Å²) in [6, 6.07) is 12.6.